The highest BCUT2D eigenvalue weighted by Crippen LogP contribution is 2.38. The van der Waals surface area contributed by atoms with Crippen LogP contribution in [0.15, 0.2) is 40.9 Å². The molecule has 0 spiro atoms. The van der Waals surface area contributed by atoms with E-state index in [1.807, 2.05) is 29.2 Å². The number of hydrogen-bond acceptors (Lipinski definition) is 4. The number of rotatable bonds is 5. The van der Waals surface area contributed by atoms with Crippen molar-refractivity contribution in [3.8, 4) is 17.2 Å². The molecule has 0 aromatic heterocycles. The van der Waals surface area contributed by atoms with Crippen molar-refractivity contribution in [2.75, 3.05) is 32.8 Å². The predicted octanol–water partition coefficient (Wildman–Crippen LogP) is 4.47. The summed E-state index contributed by atoms with van der Waals surface area (Å²) in [6, 6.07) is 9.71. The Morgan fingerprint density at radius 2 is 1.78 bits per heavy atom. The largest absolute Gasteiger partial charge is 0.493 e. The number of carbonyl (C=O) groups excluding carboxylic acids is 1. The minimum atomic E-state index is -0.0530. The van der Waals surface area contributed by atoms with Gasteiger partial charge in [0.2, 0.25) is 5.75 Å². The zero-order valence-corrected chi connectivity index (χ0v) is 17.2. The molecule has 2 aromatic rings. The van der Waals surface area contributed by atoms with Crippen LogP contribution in [0.1, 0.15) is 17.5 Å². The molecule has 0 atom stereocenters. The van der Waals surface area contributed by atoms with E-state index in [0.29, 0.717) is 23.8 Å². The summed E-state index contributed by atoms with van der Waals surface area (Å²) in [6.07, 6.45) is 5.29. The van der Waals surface area contributed by atoms with Gasteiger partial charge in [-0.3, -0.25) is 4.79 Å². The van der Waals surface area contributed by atoms with E-state index in [-0.39, 0.29) is 5.91 Å². The highest BCUT2D eigenvalue weighted by molar-refractivity contribution is 9.10. The Morgan fingerprint density at radius 1 is 1.07 bits per heavy atom. The fourth-order valence-electron chi connectivity index (χ4n) is 3.23. The van der Waals surface area contributed by atoms with Crippen LogP contribution in [0, 0.1) is 0 Å². The number of carbonyl (C=O) groups is 1. The van der Waals surface area contributed by atoms with E-state index in [4.69, 9.17) is 14.2 Å². The van der Waals surface area contributed by atoms with Crippen molar-refractivity contribution in [1.82, 2.24) is 0 Å². The number of halogens is 1. The average Bonchev–Trinajstić information content (AvgIpc) is 2.70. The minimum absolute atomic E-state index is 0.0530. The Bertz CT molecular complexity index is 853. The van der Waals surface area contributed by atoms with Gasteiger partial charge in [-0.25, -0.2) is 0 Å². The Hall–Kier alpha value is -2.47. The SMILES string of the molecule is COc1cc(/C=C/C(=O)N2CCCc3ccc(Br)cc32)cc(OC)c1OC. The topological polar surface area (TPSA) is 48.0 Å². The molecule has 0 unspecified atom stereocenters. The average molecular weight is 432 g/mol. The van der Waals surface area contributed by atoms with Gasteiger partial charge in [0.1, 0.15) is 0 Å². The molecule has 1 heterocycles. The first-order chi connectivity index (χ1) is 13.1. The molecule has 6 heteroatoms. The molecule has 0 aliphatic carbocycles. The normalized spacial score (nSPS) is 13.4. The lowest BCUT2D eigenvalue weighted by Gasteiger charge is -2.28. The number of methoxy groups -OCH3 is 3. The van der Waals surface area contributed by atoms with Crippen molar-refractivity contribution >= 4 is 33.6 Å². The summed E-state index contributed by atoms with van der Waals surface area (Å²) in [5.41, 5.74) is 2.96. The second-order valence-corrected chi connectivity index (χ2v) is 7.07. The van der Waals surface area contributed by atoms with Crippen LogP contribution in [0.5, 0.6) is 17.2 Å². The van der Waals surface area contributed by atoms with Gasteiger partial charge < -0.3 is 19.1 Å². The zero-order valence-electron chi connectivity index (χ0n) is 15.6. The summed E-state index contributed by atoms with van der Waals surface area (Å²) in [5, 5.41) is 0. The number of aryl methyl sites for hydroxylation is 1. The van der Waals surface area contributed by atoms with E-state index < -0.39 is 0 Å². The van der Waals surface area contributed by atoms with Crippen molar-refractivity contribution in [3.05, 3.63) is 52.0 Å². The molecular weight excluding hydrogens is 410 g/mol. The van der Waals surface area contributed by atoms with Crippen LogP contribution in [0.2, 0.25) is 0 Å². The van der Waals surface area contributed by atoms with Crippen LogP contribution in [0.3, 0.4) is 0 Å². The molecule has 0 saturated heterocycles. The second kappa shape index (κ2) is 8.48. The van der Waals surface area contributed by atoms with Crippen molar-refractivity contribution in [1.29, 1.82) is 0 Å². The summed E-state index contributed by atoms with van der Waals surface area (Å²) < 4.78 is 17.0. The number of ether oxygens (including phenoxy) is 3. The van der Waals surface area contributed by atoms with E-state index in [1.165, 1.54) is 5.56 Å². The third-order valence-electron chi connectivity index (χ3n) is 4.54. The number of hydrogen-bond donors (Lipinski definition) is 0. The van der Waals surface area contributed by atoms with Gasteiger partial charge in [-0.1, -0.05) is 22.0 Å². The van der Waals surface area contributed by atoms with Crippen LogP contribution in [-0.2, 0) is 11.2 Å². The van der Waals surface area contributed by atoms with Crippen LogP contribution in [0.25, 0.3) is 6.08 Å². The summed E-state index contributed by atoms with van der Waals surface area (Å²) in [6.45, 7) is 0.710. The lowest BCUT2D eigenvalue weighted by atomic mass is 10.0. The van der Waals surface area contributed by atoms with E-state index in [2.05, 4.69) is 22.0 Å². The van der Waals surface area contributed by atoms with Gasteiger partial charge in [-0.05, 0) is 54.3 Å². The number of nitrogens with zero attached hydrogens (tertiary/aromatic N) is 1. The van der Waals surface area contributed by atoms with Gasteiger partial charge in [0.25, 0.3) is 5.91 Å². The monoisotopic (exact) mass is 431 g/mol. The molecule has 5 nitrogen and oxygen atoms in total. The summed E-state index contributed by atoms with van der Waals surface area (Å²) in [4.78, 5) is 14.6. The van der Waals surface area contributed by atoms with Crippen molar-refractivity contribution < 1.29 is 19.0 Å². The lowest BCUT2D eigenvalue weighted by Crippen LogP contribution is -2.34. The molecule has 0 radical (unpaired) electrons. The summed E-state index contributed by atoms with van der Waals surface area (Å²) >= 11 is 3.49. The quantitative estimate of drug-likeness (QED) is 0.655. The van der Waals surface area contributed by atoms with Gasteiger partial charge in [0.05, 0.1) is 21.3 Å². The molecule has 0 saturated carbocycles. The molecule has 27 heavy (non-hydrogen) atoms. The first kappa shape index (κ1) is 19.3. The minimum Gasteiger partial charge on any atom is -0.493 e. The van der Waals surface area contributed by atoms with Gasteiger partial charge >= 0.3 is 0 Å². The third kappa shape index (κ3) is 4.11. The molecule has 1 aliphatic rings. The first-order valence-electron chi connectivity index (χ1n) is 8.65. The number of anilines is 1. The highest BCUT2D eigenvalue weighted by atomic mass is 79.9. The van der Waals surface area contributed by atoms with Crippen LogP contribution in [0.4, 0.5) is 5.69 Å². The Kier molecular flexibility index (Phi) is 6.06. The predicted molar refractivity (Wildman–Crippen MR) is 110 cm³/mol. The molecular formula is C21H22BrNO4. The van der Waals surface area contributed by atoms with E-state index in [0.717, 1.165) is 28.6 Å². The Balaban J connectivity index is 1.87. The fraction of sp³-hybridized carbons (Fsp3) is 0.286. The zero-order chi connectivity index (χ0) is 19.4. The Morgan fingerprint density at radius 3 is 2.41 bits per heavy atom. The number of benzene rings is 2. The summed E-state index contributed by atoms with van der Waals surface area (Å²) in [5.74, 6) is 1.58. The molecule has 0 bridgehead atoms. The van der Waals surface area contributed by atoms with E-state index >= 15 is 0 Å². The molecule has 0 fully saturated rings. The van der Waals surface area contributed by atoms with Crippen molar-refractivity contribution in [2.24, 2.45) is 0 Å². The molecule has 3 rings (SSSR count). The lowest BCUT2D eigenvalue weighted by molar-refractivity contribution is -0.114. The van der Waals surface area contributed by atoms with Crippen molar-refractivity contribution in [2.45, 2.75) is 12.8 Å². The second-order valence-electron chi connectivity index (χ2n) is 6.16. The van der Waals surface area contributed by atoms with Crippen molar-refractivity contribution in [3.63, 3.8) is 0 Å². The third-order valence-corrected chi connectivity index (χ3v) is 5.03. The van der Waals surface area contributed by atoms with Gasteiger partial charge in [0, 0.05) is 22.8 Å². The van der Waals surface area contributed by atoms with Gasteiger partial charge in [0.15, 0.2) is 11.5 Å². The smallest absolute Gasteiger partial charge is 0.250 e. The number of amides is 1. The molecule has 142 valence electrons. The summed E-state index contributed by atoms with van der Waals surface area (Å²) in [7, 11) is 4.70. The molecule has 1 aliphatic heterocycles. The van der Waals surface area contributed by atoms with E-state index in [9.17, 15) is 4.79 Å². The Labute approximate surface area is 167 Å². The standard InChI is InChI=1S/C21H22BrNO4/c1-25-18-11-14(12-19(26-2)21(18)27-3)6-9-20(24)23-10-4-5-15-7-8-16(22)13-17(15)23/h6-9,11-13H,4-5,10H2,1-3H3/b9-6+. The molecule has 0 N–H and O–H groups in total. The van der Waals surface area contributed by atoms with E-state index in [1.54, 1.807) is 33.5 Å². The van der Waals surface area contributed by atoms with Crippen LogP contribution >= 0.6 is 15.9 Å². The van der Waals surface area contributed by atoms with Crippen LogP contribution in [-0.4, -0.2) is 33.8 Å². The first-order valence-corrected chi connectivity index (χ1v) is 9.44. The molecule has 1 amide bonds. The van der Waals surface area contributed by atoms with Gasteiger partial charge in [-0.15, -0.1) is 0 Å². The highest BCUT2D eigenvalue weighted by Gasteiger charge is 2.21. The van der Waals surface area contributed by atoms with Crippen LogP contribution < -0.4 is 19.1 Å². The maximum atomic E-state index is 12.8. The number of fused-ring (bicyclic) bond motifs is 1. The molecule has 2 aromatic carbocycles. The fourth-order valence-corrected chi connectivity index (χ4v) is 3.58. The maximum Gasteiger partial charge on any atom is 0.250 e. The maximum absolute atomic E-state index is 12.8. The van der Waals surface area contributed by atoms with Gasteiger partial charge in [-0.2, -0.15) is 0 Å².